The molecule has 3 rings (SSSR count). The predicted octanol–water partition coefficient (Wildman–Crippen LogP) is 3.06. The molecule has 2 heterocycles. The number of nitrogens with one attached hydrogen (secondary N) is 3. The van der Waals surface area contributed by atoms with Crippen LogP contribution in [0.4, 0.5) is 25.1 Å². The number of hydrogen-bond donors (Lipinski definition) is 3. The molecule has 0 fully saturated rings. The molecule has 0 radical (unpaired) electrons. The van der Waals surface area contributed by atoms with Gasteiger partial charge in [-0.1, -0.05) is 11.6 Å². The molecule has 6 nitrogen and oxygen atoms in total. The molecule has 0 unspecified atom stereocenters. The number of fused-ring (bicyclic) bond motifs is 1. The summed E-state index contributed by atoms with van der Waals surface area (Å²) in [6.45, 7) is 0.898. The van der Waals surface area contributed by atoms with Crippen LogP contribution in [-0.2, 0) is 17.8 Å². The van der Waals surface area contributed by atoms with E-state index in [4.69, 9.17) is 16.3 Å². The van der Waals surface area contributed by atoms with Crippen LogP contribution in [0.1, 0.15) is 11.3 Å². The Morgan fingerprint density at radius 3 is 3.00 bits per heavy atom. The zero-order chi connectivity index (χ0) is 15.7. The lowest BCUT2D eigenvalue weighted by atomic mass is 10.1. The monoisotopic (exact) mass is 328 g/mol. The fourth-order valence-corrected chi connectivity index (χ4v) is 2.33. The van der Waals surface area contributed by atoms with Crippen LogP contribution in [0.5, 0.6) is 0 Å². The Morgan fingerprint density at radius 1 is 1.36 bits per heavy atom. The largest absolute Gasteiger partial charge is 0.376 e. The van der Waals surface area contributed by atoms with E-state index in [2.05, 4.69) is 20.8 Å². The number of aromatic amines is 1. The summed E-state index contributed by atoms with van der Waals surface area (Å²) in [4.78, 5) is 11.9. The van der Waals surface area contributed by atoms with Gasteiger partial charge in [-0.2, -0.15) is 5.10 Å². The summed E-state index contributed by atoms with van der Waals surface area (Å²) in [5.41, 5.74) is 1.25. The highest BCUT2D eigenvalue weighted by Gasteiger charge is 2.19. The number of ether oxygens (including phenoxy) is 1. The maximum atomic E-state index is 13.7. The Bertz CT molecular complexity index is 735. The lowest BCUT2D eigenvalue weighted by molar-refractivity contribution is 0.110. The third-order valence-electron chi connectivity index (χ3n) is 3.17. The fraction of sp³-hybridized carbons (Fsp3) is 0.231. The molecule has 1 aliphatic rings. The van der Waals surface area contributed by atoms with Gasteiger partial charge >= 0.3 is 6.03 Å². The van der Waals surface area contributed by atoms with Crippen molar-refractivity contribution in [2.24, 2.45) is 0 Å². The first-order chi connectivity index (χ1) is 10.5. The standard InChI is InChI=1S/C13H11ClF2N4O2/c14-8-3-6(15)4-10(11(8)16)17-13(21)18-12-7-5-22-2-1-9(7)19-20-12/h3-4H,1-2,5H2,(H3,17,18,19,20,21). The molecule has 1 aromatic heterocycles. The quantitative estimate of drug-likeness (QED) is 0.741. The molecule has 0 atom stereocenters. The third-order valence-corrected chi connectivity index (χ3v) is 3.44. The van der Waals surface area contributed by atoms with Gasteiger partial charge in [0.05, 0.1) is 23.9 Å². The lowest BCUT2D eigenvalue weighted by Crippen LogP contribution is -2.22. The highest BCUT2D eigenvalue weighted by atomic mass is 35.5. The Labute approximate surface area is 128 Å². The van der Waals surface area contributed by atoms with Gasteiger partial charge < -0.3 is 10.1 Å². The minimum atomic E-state index is -0.911. The summed E-state index contributed by atoms with van der Waals surface area (Å²) in [6, 6.07) is 0.895. The molecule has 0 bridgehead atoms. The van der Waals surface area contributed by atoms with Crippen molar-refractivity contribution in [1.82, 2.24) is 10.2 Å². The van der Waals surface area contributed by atoms with Crippen molar-refractivity contribution in [1.29, 1.82) is 0 Å². The molecule has 0 spiro atoms. The zero-order valence-corrected chi connectivity index (χ0v) is 11.9. The van der Waals surface area contributed by atoms with Crippen LogP contribution in [0.15, 0.2) is 12.1 Å². The minimum absolute atomic E-state index is 0.287. The van der Waals surface area contributed by atoms with Crippen molar-refractivity contribution < 1.29 is 18.3 Å². The van der Waals surface area contributed by atoms with Crippen LogP contribution in [0.3, 0.4) is 0 Å². The van der Waals surface area contributed by atoms with Gasteiger partial charge in [-0.05, 0) is 6.07 Å². The van der Waals surface area contributed by atoms with Crippen LogP contribution < -0.4 is 10.6 Å². The topological polar surface area (TPSA) is 79.0 Å². The van der Waals surface area contributed by atoms with E-state index in [-0.39, 0.29) is 11.5 Å². The van der Waals surface area contributed by atoms with E-state index in [0.29, 0.717) is 19.6 Å². The van der Waals surface area contributed by atoms with Crippen molar-refractivity contribution in [3.05, 3.63) is 40.0 Å². The number of urea groups is 1. The second-order valence-corrected chi connectivity index (χ2v) is 5.07. The number of halogens is 3. The molecule has 0 saturated carbocycles. The summed E-state index contributed by atoms with van der Waals surface area (Å²) < 4.78 is 32.2. The molecule has 3 N–H and O–H groups in total. The van der Waals surface area contributed by atoms with E-state index >= 15 is 0 Å². The normalized spacial score (nSPS) is 13.6. The summed E-state index contributed by atoms with van der Waals surface area (Å²) >= 11 is 5.52. The van der Waals surface area contributed by atoms with Gasteiger partial charge in [0.2, 0.25) is 0 Å². The van der Waals surface area contributed by atoms with E-state index in [1.54, 1.807) is 0 Å². The number of H-pyrrole nitrogens is 1. The van der Waals surface area contributed by atoms with Gasteiger partial charge in [0, 0.05) is 23.7 Å². The van der Waals surface area contributed by atoms with Gasteiger partial charge in [0.1, 0.15) is 5.82 Å². The number of carbonyl (C=O) groups excluding carboxylic acids is 1. The molecule has 1 aromatic carbocycles. The number of aromatic nitrogens is 2. The zero-order valence-electron chi connectivity index (χ0n) is 11.2. The molecule has 116 valence electrons. The number of nitrogens with zero attached hydrogens (tertiary/aromatic N) is 1. The van der Waals surface area contributed by atoms with E-state index < -0.39 is 22.7 Å². The molecule has 9 heteroatoms. The molecule has 1 aliphatic heterocycles. The first kappa shape index (κ1) is 14.7. The van der Waals surface area contributed by atoms with Crippen molar-refractivity contribution in [3.63, 3.8) is 0 Å². The van der Waals surface area contributed by atoms with Crippen molar-refractivity contribution in [2.75, 3.05) is 17.2 Å². The van der Waals surface area contributed by atoms with Crippen molar-refractivity contribution in [2.45, 2.75) is 13.0 Å². The van der Waals surface area contributed by atoms with Crippen molar-refractivity contribution in [3.8, 4) is 0 Å². The van der Waals surface area contributed by atoms with E-state index in [0.717, 1.165) is 23.4 Å². The van der Waals surface area contributed by atoms with Crippen LogP contribution in [0, 0.1) is 11.6 Å². The second kappa shape index (κ2) is 5.90. The number of rotatable bonds is 2. The van der Waals surface area contributed by atoms with Gasteiger partial charge in [-0.15, -0.1) is 0 Å². The maximum Gasteiger partial charge on any atom is 0.324 e. The highest BCUT2D eigenvalue weighted by molar-refractivity contribution is 6.31. The van der Waals surface area contributed by atoms with Gasteiger partial charge in [-0.3, -0.25) is 10.4 Å². The predicted molar refractivity (Wildman–Crippen MR) is 76.0 cm³/mol. The van der Waals surface area contributed by atoms with Gasteiger partial charge in [-0.25, -0.2) is 13.6 Å². The number of benzene rings is 1. The van der Waals surface area contributed by atoms with Gasteiger partial charge in [0.25, 0.3) is 0 Å². The Hall–Kier alpha value is -2.19. The first-order valence-electron chi connectivity index (χ1n) is 6.41. The van der Waals surface area contributed by atoms with E-state index in [1.807, 2.05) is 0 Å². The van der Waals surface area contributed by atoms with Gasteiger partial charge in [0.15, 0.2) is 11.6 Å². The summed E-state index contributed by atoms with van der Waals surface area (Å²) in [5.74, 6) is -1.38. The Morgan fingerprint density at radius 2 is 2.18 bits per heavy atom. The average molecular weight is 329 g/mol. The van der Waals surface area contributed by atoms with Crippen LogP contribution in [0.2, 0.25) is 5.02 Å². The fourth-order valence-electron chi connectivity index (χ4n) is 2.12. The summed E-state index contributed by atoms with van der Waals surface area (Å²) in [6.07, 6.45) is 0.666. The number of anilines is 2. The Balaban J connectivity index is 1.75. The lowest BCUT2D eigenvalue weighted by Gasteiger charge is -2.13. The van der Waals surface area contributed by atoms with Crippen molar-refractivity contribution >= 4 is 29.1 Å². The first-order valence-corrected chi connectivity index (χ1v) is 6.79. The molecular weight excluding hydrogens is 318 g/mol. The highest BCUT2D eigenvalue weighted by Crippen LogP contribution is 2.25. The summed E-state index contributed by atoms with van der Waals surface area (Å²) in [7, 11) is 0. The molecule has 0 saturated heterocycles. The van der Waals surface area contributed by atoms with Crippen LogP contribution in [0.25, 0.3) is 0 Å². The number of hydrogen-bond acceptors (Lipinski definition) is 3. The summed E-state index contributed by atoms with van der Waals surface area (Å²) in [5, 5.41) is 11.0. The minimum Gasteiger partial charge on any atom is -0.376 e. The average Bonchev–Trinajstić information content (AvgIpc) is 2.87. The molecule has 2 amide bonds. The SMILES string of the molecule is O=C(Nc1cc(F)cc(Cl)c1F)Nc1n[nH]c2c1COCC2. The van der Waals surface area contributed by atoms with Crippen LogP contribution >= 0.6 is 11.6 Å². The number of carbonyl (C=O) groups is 1. The number of amides is 2. The molecule has 2 aromatic rings. The molecule has 22 heavy (non-hydrogen) atoms. The second-order valence-electron chi connectivity index (χ2n) is 4.66. The van der Waals surface area contributed by atoms with E-state index in [1.165, 1.54) is 0 Å². The maximum absolute atomic E-state index is 13.7. The molecular formula is C13H11ClF2N4O2. The Kier molecular flexibility index (Phi) is 3.95. The molecule has 0 aliphatic carbocycles. The smallest absolute Gasteiger partial charge is 0.324 e. The van der Waals surface area contributed by atoms with Crippen LogP contribution in [-0.4, -0.2) is 22.8 Å². The van der Waals surface area contributed by atoms with E-state index in [9.17, 15) is 13.6 Å². The third kappa shape index (κ3) is 2.88.